The molecule has 0 saturated carbocycles. The van der Waals surface area contributed by atoms with Crippen LogP contribution in [0.15, 0.2) is 66.7 Å². The summed E-state index contributed by atoms with van der Waals surface area (Å²) < 4.78 is 4.70. The number of nitrogens with zero attached hydrogens (tertiary/aromatic N) is 1. The monoisotopic (exact) mass is 637 g/mol. The average molecular weight is 639 g/mol. The number of thioether (sulfide) groups is 1. The first-order valence-corrected chi connectivity index (χ1v) is 15.6. The van der Waals surface area contributed by atoms with Gasteiger partial charge in [0.1, 0.15) is 11.8 Å². The molecule has 3 unspecified atom stereocenters. The molecule has 3 aromatic rings. The Hall–Kier alpha value is -3.08. The minimum absolute atomic E-state index is 0.0482. The maximum absolute atomic E-state index is 14.1. The molecule has 3 aliphatic rings. The number of hydrogen-bond acceptors (Lipinski definition) is 6. The third kappa shape index (κ3) is 4.70. The molecule has 6 rings (SSSR count). The number of carbonyl (C=O) groups excluding carboxylic acids is 3. The number of anilines is 2. The molecule has 2 bridgehead atoms. The van der Waals surface area contributed by atoms with Crippen LogP contribution in [0.1, 0.15) is 20.3 Å². The third-order valence-corrected chi connectivity index (χ3v) is 11.7. The van der Waals surface area contributed by atoms with Crippen LogP contribution in [0.5, 0.6) is 5.75 Å². The quantitative estimate of drug-likeness (QED) is 0.310. The van der Waals surface area contributed by atoms with E-state index >= 15 is 0 Å². The van der Waals surface area contributed by atoms with Crippen molar-refractivity contribution in [3.63, 3.8) is 0 Å². The van der Waals surface area contributed by atoms with Gasteiger partial charge in [0.15, 0.2) is 0 Å². The number of aliphatic hydroxyl groups is 1. The minimum Gasteiger partial charge on any atom is -0.494 e. The van der Waals surface area contributed by atoms with E-state index in [0.717, 1.165) is 10.8 Å². The molecule has 3 aliphatic heterocycles. The van der Waals surface area contributed by atoms with E-state index in [1.54, 1.807) is 43.0 Å². The van der Waals surface area contributed by atoms with Gasteiger partial charge >= 0.3 is 0 Å². The largest absolute Gasteiger partial charge is 0.494 e. The lowest BCUT2D eigenvalue weighted by molar-refractivity contribution is -0.140. The molecule has 8 nitrogen and oxygen atoms in total. The van der Waals surface area contributed by atoms with Crippen molar-refractivity contribution in [1.82, 2.24) is 4.90 Å². The Bertz CT molecular complexity index is 1500. The van der Waals surface area contributed by atoms with Crippen LogP contribution in [0, 0.1) is 11.8 Å². The van der Waals surface area contributed by atoms with Crippen LogP contribution in [-0.4, -0.2) is 67.8 Å². The summed E-state index contributed by atoms with van der Waals surface area (Å²) >= 11 is 5.35. The summed E-state index contributed by atoms with van der Waals surface area (Å²) in [6, 6.07) is 19.3. The SMILES string of the molecule is CCOc1ccc(NC(=O)[C@H]2[C@@H]3SC4(CC3Br)C(C(=O)Nc3ccc5ccccc5c3)N([C@H](C)CO)C(=O)[C@H]24)cc1. The number of amides is 3. The number of rotatable bonds is 8. The molecule has 3 aromatic carbocycles. The van der Waals surface area contributed by atoms with Crippen molar-refractivity contribution in [1.29, 1.82) is 0 Å². The molecule has 214 valence electrons. The zero-order valence-electron chi connectivity index (χ0n) is 22.7. The highest BCUT2D eigenvalue weighted by molar-refractivity contribution is 9.09. The standard InChI is InChI=1S/C31H32BrN3O5S/c1-3-40-22-12-10-20(11-13-22)33-28(37)24-25-30(39)35(17(2)16-36)27(31(25)15-23(32)26(24)41-31)29(38)34-21-9-8-18-6-4-5-7-19(18)14-21/h4-14,17,23-27,36H,3,15-16H2,1-2H3,(H,33,37)(H,34,38)/t17-,23?,24-,25+,26-,27?,31?/m1/s1. The zero-order chi connectivity index (χ0) is 28.9. The first kappa shape index (κ1) is 28.1. The van der Waals surface area contributed by atoms with Gasteiger partial charge in [0, 0.05) is 21.5 Å². The van der Waals surface area contributed by atoms with Crippen molar-refractivity contribution in [2.45, 2.75) is 47.2 Å². The van der Waals surface area contributed by atoms with Gasteiger partial charge in [-0.2, -0.15) is 0 Å². The summed E-state index contributed by atoms with van der Waals surface area (Å²) in [5.74, 6) is -1.42. The van der Waals surface area contributed by atoms with Crippen LogP contribution in [0.25, 0.3) is 10.8 Å². The fourth-order valence-electron chi connectivity index (χ4n) is 6.73. The van der Waals surface area contributed by atoms with E-state index in [0.29, 0.717) is 30.2 Å². The molecule has 41 heavy (non-hydrogen) atoms. The Balaban J connectivity index is 1.31. The molecular weight excluding hydrogens is 606 g/mol. The normalized spacial score (nSPS) is 28.9. The number of ether oxygens (including phenoxy) is 1. The lowest BCUT2D eigenvalue weighted by Crippen LogP contribution is -2.54. The van der Waals surface area contributed by atoms with E-state index in [4.69, 9.17) is 4.74 Å². The topological polar surface area (TPSA) is 108 Å². The number of alkyl halides is 1. The number of fused-ring (bicyclic) bond motifs is 2. The van der Waals surface area contributed by atoms with Crippen LogP contribution in [0.2, 0.25) is 0 Å². The van der Waals surface area contributed by atoms with E-state index in [-0.39, 0.29) is 34.4 Å². The Labute approximate surface area is 251 Å². The molecular formula is C31H32BrN3O5S. The van der Waals surface area contributed by atoms with Crippen molar-refractivity contribution in [3.05, 3.63) is 66.7 Å². The number of hydrogen-bond donors (Lipinski definition) is 3. The molecule has 0 aromatic heterocycles. The van der Waals surface area contributed by atoms with E-state index in [1.165, 1.54) is 4.90 Å². The van der Waals surface area contributed by atoms with Crippen molar-refractivity contribution >= 4 is 67.6 Å². The van der Waals surface area contributed by atoms with Crippen molar-refractivity contribution in [3.8, 4) is 5.75 Å². The summed E-state index contributed by atoms with van der Waals surface area (Å²) in [5, 5.41) is 18.0. The van der Waals surface area contributed by atoms with Gasteiger partial charge in [-0.3, -0.25) is 14.4 Å². The molecule has 0 radical (unpaired) electrons. The second kappa shape index (κ2) is 11.0. The number of nitrogens with one attached hydrogen (secondary N) is 2. The molecule has 3 fully saturated rings. The van der Waals surface area contributed by atoms with E-state index in [2.05, 4.69) is 26.6 Å². The fourth-order valence-corrected chi connectivity index (χ4v) is 10.3. The third-order valence-electron chi connectivity index (χ3n) is 8.47. The second-order valence-corrected chi connectivity index (χ2v) is 13.7. The van der Waals surface area contributed by atoms with Gasteiger partial charge in [-0.05, 0) is 67.4 Å². The van der Waals surface area contributed by atoms with Gasteiger partial charge < -0.3 is 25.4 Å². The summed E-state index contributed by atoms with van der Waals surface area (Å²) in [6.07, 6.45) is 0.566. The Morgan fingerprint density at radius 3 is 2.46 bits per heavy atom. The maximum Gasteiger partial charge on any atom is 0.248 e. The summed E-state index contributed by atoms with van der Waals surface area (Å²) in [5.41, 5.74) is 1.25. The second-order valence-electron chi connectivity index (χ2n) is 10.9. The molecule has 1 spiro atoms. The minimum atomic E-state index is -0.841. The molecule has 0 aliphatic carbocycles. The van der Waals surface area contributed by atoms with Gasteiger partial charge in [0.2, 0.25) is 17.7 Å². The predicted molar refractivity (Wildman–Crippen MR) is 164 cm³/mol. The van der Waals surface area contributed by atoms with Gasteiger partial charge in [0.05, 0.1) is 35.8 Å². The van der Waals surface area contributed by atoms with Crippen molar-refractivity contribution in [2.24, 2.45) is 11.8 Å². The van der Waals surface area contributed by atoms with E-state index in [9.17, 15) is 19.5 Å². The van der Waals surface area contributed by atoms with Crippen LogP contribution in [0.4, 0.5) is 11.4 Å². The fraction of sp³-hybridized carbons (Fsp3) is 0.387. The summed E-state index contributed by atoms with van der Waals surface area (Å²) in [7, 11) is 0. The first-order valence-electron chi connectivity index (χ1n) is 13.9. The highest BCUT2D eigenvalue weighted by atomic mass is 79.9. The molecule has 3 amide bonds. The zero-order valence-corrected chi connectivity index (χ0v) is 25.2. The first-order chi connectivity index (χ1) is 19.8. The molecule has 3 N–H and O–H groups in total. The highest BCUT2D eigenvalue weighted by Crippen LogP contribution is 2.68. The van der Waals surface area contributed by atoms with Gasteiger partial charge in [-0.25, -0.2) is 0 Å². The number of carbonyl (C=O) groups is 3. The molecule has 10 heteroatoms. The van der Waals surface area contributed by atoms with Crippen LogP contribution in [0.3, 0.4) is 0 Å². The average Bonchev–Trinajstić information content (AvgIpc) is 3.57. The molecule has 7 atom stereocenters. The lowest BCUT2D eigenvalue weighted by Gasteiger charge is -2.36. The Kier molecular flexibility index (Phi) is 7.50. The van der Waals surface area contributed by atoms with Crippen LogP contribution >= 0.6 is 27.7 Å². The Morgan fingerprint density at radius 1 is 1.07 bits per heavy atom. The van der Waals surface area contributed by atoms with E-state index < -0.39 is 28.7 Å². The van der Waals surface area contributed by atoms with Gasteiger partial charge in [-0.1, -0.05) is 46.3 Å². The van der Waals surface area contributed by atoms with Crippen LogP contribution < -0.4 is 15.4 Å². The number of aliphatic hydroxyl groups excluding tert-OH is 1. The van der Waals surface area contributed by atoms with Gasteiger partial charge in [0.25, 0.3) is 0 Å². The smallest absolute Gasteiger partial charge is 0.248 e. The highest BCUT2D eigenvalue weighted by Gasteiger charge is 2.76. The number of halogens is 1. The van der Waals surface area contributed by atoms with Crippen molar-refractivity contribution in [2.75, 3.05) is 23.8 Å². The Morgan fingerprint density at radius 2 is 1.76 bits per heavy atom. The summed E-state index contributed by atoms with van der Waals surface area (Å²) in [6.45, 7) is 3.90. The predicted octanol–water partition coefficient (Wildman–Crippen LogP) is 4.66. The van der Waals surface area contributed by atoms with Crippen LogP contribution in [-0.2, 0) is 14.4 Å². The number of likely N-dealkylation sites (tertiary alicyclic amines) is 1. The van der Waals surface area contributed by atoms with E-state index in [1.807, 2.05) is 49.4 Å². The molecule has 3 saturated heterocycles. The summed E-state index contributed by atoms with van der Waals surface area (Å²) in [4.78, 5) is 43.5. The van der Waals surface area contributed by atoms with Gasteiger partial charge in [-0.15, -0.1) is 11.8 Å². The maximum atomic E-state index is 14.1. The number of benzene rings is 3. The van der Waals surface area contributed by atoms with Crippen molar-refractivity contribution < 1.29 is 24.2 Å². The molecule has 3 heterocycles. The lowest BCUT2D eigenvalue weighted by atomic mass is 9.70.